The zero-order valence-electron chi connectivity index (χ0n) is 21.1. The number of fused-ring (bicyclic) bond motifs is 1. The Labute approximate surface area is 203 Å². The Morgan fingerprint density at radius 2 is 1.79 bits per heavy atom. The fourth-order valence-corrected chi connectivity index (χ4v) is 3.86. The fraction of sp³-hybridized carbons (Fsp3) is 0.464. The number of aromatic amines is 1. The number of hydrogen-bond acceptors (Lipinski definition) is 4. The van der Waals surface area contributed by atoms with E-state index in [1.54, 1.807) is 0 Å². The molecule has 0 aliphatic heterocycles. The van der Waals surface area contributed by atoms with Gasteiger partial charge in [-0.25, -0.2) is 4.98 Å². The second-order valence-corrected chi connectivity index (χ2v) is 9.72. The third kappa shape index (κ3) is 6.32. The van der Waals surface area contributed by atoms with E-state index in [0.29, 0.717) is 18.6 Å². The van der Waals surface area contributed by atoms with Crippen LogP contribution in [0, 0.1) is 0 Å². The van der Waals surface area contributed by atoms with E-state index in [4.69, 9.17) is 0 Å². The van der Waals surface area contributed by atoms with Crippen LogP contribution in [0.3, 0.4) is 0 Å². The lowest BCUT2D eigenvalue weighted by Gasteiger charge is -2.32. The normalized spacial score (nSPS) is 12.8. The average Bonchev–Trinajstić information content (AvgIpc) is 3.32. The third-order valence-electron chi connectivity index (χ3n) is 6.81. The lowest BCUT2D eigenvalue weighted by atomic mass is 10.0. The first kappa shape index (κ1) is 25.6. The predicted molar refractivity (Wildman–Crippen MR) is 139 cm³/mol. The maximum atomic E-state index is 13.1. The summed E-state index contributed by atoms with van der Waals surface area (Å²) in [7, 11) is 3.81. The summed E-state index contributed by atoms with van der Waals surface area (Å²) in [5, 5.41) is 5.59. The quantitative estimate of drug-likeness (QED) is 0.341. The van der Waals surface area contributed by atoms with Gasteiger partial charge in [-0.05, 0) is 57.6 Å². The van der Waals surface area contributed by atoms with E-state index >= 15 is 0 Å². The molecule has 0 aliphatic rings. The number of benzene rings is 2. The highest BCUT2D eigenvalue weighted by Gasteiger charge is 2.32. The molecule has 3 aromatic rings. The van der Waals surface area contributed by atoms with Gasteiger partial charge in [0.1, 0.15) is 11.6 Å². The number of carbonyl (C=O) groups is 2. The van der Waals surface area contributed by atoms with E-state index in [0.717, 1.165) is 42.8 Å². The summed E-state index contributed by atoms with van der Waals surface area (Å²) in [5.74, 6) is 1.03. The molecule has 0 bridgehead atoms. The van der Waals surface area contributed by atoms with E-state index in [1.165, 1.54) is 10.8 Å². The number of unbranched alkanes of at least 4 members (excludes halogenated alkanes) is 2. The van der Waals surface area contributed by atoms with E-state index in [9.17, 15) is 9.59 Å². The molecule has 2 aromatic carbocycles. The highest BCUT2D eigenvalue weighted by molar-refractivity contribution is 5.87. The third-order valence-corrected chi connectivity index (χ3v) is 6.81. The molecule has 2 N–H and O–H groups in total. The lowest BCUT2D eigenvalue weighted by molar-refractivity contribution is -0.131. The minimum atomic E-state index is -0.639. The van der Waals surface area contributed by atoms with Crippen LogP contribution in [-0.4, -0.2) is 46.2 Å². The molecule has 34 heavy (non-hydrogen) atoms. The van der Waals surface area contributed by atoms with Crippen LogP contribution in [0.4, 0.5) is 0 Å². The number of likely N-dealkylation sites (N-methyl/N-ethyl adjacent to an activating group) is 1. The van der Waals surface area contributed by atoms with E-state index in [-0.39, 0.29) is 11.9 Å². The molecule has 0 radical (unpaired) electrons. The molecule has 1 heterocycles. The Morgan fingerprint density at radius 3 is 2.50 bits per heavy atom. The number of H-pyrrole nitrogens is 1. The number of nitrogens with one attached hydrogen (secondary N) is 2. The van der Waals surface area contributed by atoms with Gasteiger partial charge in [-0.3, -0.25) is 14.5 Å². The number of aromatic nitrogens is 2. The van der Waals surface area contributed by atoms with Crippen molar-refractivity contribution in [3.05, 3.63) is 54.5 Å². The first-order valence-electron chi connectivity index (χ1n) is 12.3. The summed E-state index contributed by atoms with van der Waals surface area (Å²) < 4.78 is 0. The summed E-state index contributed by atoms with van der Waals surface area (Å²) in [6.07, 6.45) is 6.59. The number of nitrogens with zero attached hydrogens (tertiary/aromatic N) is 2. The summed E-state index contributed by atoms with van der Waals surface area (Å²) in [6, 6.07) is 14.4. The van der Waals surface area contributed by atoms with Gasteiger partial charge in [-0.15, -0.1) is 0 Å². The van der Waals surface area contributed by atoms with Crippen LogP contribution >= 0.6 is 0 Å². The number of ketones is 1. The van der Waals surface area contributed by atoms with E-state index < -0.39 is 5.54 Å². The zero-order valence-corrected chi connectivity index (χ0v) is 21.1. The first-order valence-corrected chi connectivity index (χ1v) is 12.3. The second-order valence-electron chi connectivity index (χ2n) is 9.72. The van der Waals surface area contributed by atoms with Gasteiger partial charge in [0.05, 0.1) is 23.5 Å². The molecule has 182 valence electrons. The highest BCUT2D eigenvalue weighted by atomic mass is 16.2. The summed E-state index contributed by atoms with van der Waals surface area (Å²) in [5.41, 5.74) is 1.36. The SMILES string of the molecule is CCC(=O)CCCCC[C@H](NC(=O)C(C)(C)N(C)C)c1ncc(-c2ccc3ccccc3c2)[nH]1. The molecular formula is C28H38N4O2. The number of Topliss-reactive ketones (excluding diaryl/α,β-unsaturated/α-hetero) is 1. The van der Waals surface area contributed by atoms with Crippen LogP contribution in [0.25, 0.3) is 22.0 Å². The summed E-state index contributed by atoms with van der Waals surface area (Å²) >= 11 is 0. The van der Waals surface area contributed by atoms with Crippen molar-refractivity contribution in [1.82, 2.24) is 20.2 Å². The van der Waals surface area contributed by atoms with Gasteiger partial charge < -0.3 is 10.3 Å². The molecule has 1 atom stereocenters. The van der Waals surface area contributed by atoms with Gasteiger partial charge in [-0.1, -0.05) is 56.2 Å². The summed E-state index contributed by atoms with van der Waals surface area (Å²) in [6.45, 7) is 5.74. The average molecular weight is 463 g/mol. The molecule has 1 amide bonds. The number of imidazole rings is 1. The van der Waals surface area contributed by atoms with Crippen molar-refractivity contribution in [2.75, 3.05) is 14.1 Å². The van der Waals surface area contributed by atoms with Crippen LogP contribution in [0.15, 0.2) is 48.7 Å². The minimum absolute atomic E-state index is 0.0349. The molecule has 1 aromatic heterocycles. The molecule has 6 heteroatoms. The van der Waals surface area contributed by atoms with Crippen LogP contribution in [-0.2, 0) is 9.59 Å². The van der Waals surface area contributed by atoms with Gasteiger partial charge in [0, 0.05) is 18.4 Å². The maximum absolute atomic E-state index is 13.1. The Kier molecular flexibility index (Phi) is 8.61. The first-order chi connectivity index (χ1) is 16.2. The molecule has 0 saturated heterocycles. The van der Waals surface area contributed by atoms with Crippen molar-refractivity contribution in [2.24, 2.45) is 0 Å². The van der Waals surface area contributed by atoms with Crippen LogP contribution < -0.4 is 5.32 Å². The van der Waals surface area contributed by atoms with Crippen molar-refractivity contribution < 1.29 is 9.59 Å². The number of amides is 1. The fourth-order valence-electron chi connectivity index (χ4n) is 3.86. The number of hydrogen-bond donors (Lipinski definition) is 2. The van der Waals surface area contributed by atoms with Crippen LogP contribution in [0.1, 0.15) is 71.2 Å². The maximum Gasteiger partial charge on any atom is 0.240 e. The summed E-state index contributed by atoms with van der Waals surface area (Å²) in [4.78, 5) is 34.7. The Morgan fingerprint density at radius 1 is 1.06 bits per heavy atom. The second kappa shape index (κ2) is 11.4. The number of rotatable bonds is 12. The van der Waals surface area contributed by atoms with Crippen molar-refractivity contribution >= 4 is 22.5 Å². The topological polar surface area (TPSA) is 78.1 Å². The molecule has 6 nitrogen and oxygen atoms in total. The minimum Gasteiger partial charge on any atom is -0.345 e. The van der Waals surface area contributed by atoms with E-state index in [2.05, 4.69) is 45.6 Å². The van der Waals surface area contributed by atoms with Gasteiger partial charge in [0.15, 0.2) is 0 Å². The molecule has 0 aliphatic carbocycles. The van der Waals surface area contributed by atoms with Crippen LogP contribution in [0.5, 0.6) is 0 Å². The Hall–Kier alpha value is -2.99. The van der Waals surface area contributed by atoms with Crippen molar-refractivity contribution in [1.29, 1.82) is 0 Å². The van der Waals surface area contributed by atoms with Gasteiger partial charge >= 0.3 is 0 Å². The smallest absolute Gasteiger partial charge is 0.240 e. The molecule has 0 spiro atoms. The predicted octanol–water partition coefficient (Wildman–Crippen LogP) is 5.66. The van der Waals surface area contributed by atoms with E-state index in [1.807, 2.05) is 58.1 Å². The van der Waals surface area contributed by atoms with Gasteiger partial charge in [-0.2, -0.15) is 0 Å². The molecule has 3 rings (SSSR count). The van der Waals surface area contributed by atoms with Crippen LogP contribution in [0.2, 0.25) is 0 Å². The Bertz CT molecular complexity index is 1120. The van der Waals surface area contributed by atoms with Crippen molar-refractivity contribution in [3.63, 3.8) is 0 Å². The Balaban J connectivity index is 1.77. The highest BCUT2D eigenvalue weighted by Crippen LogP contribution is 2.26. The molecular weight excluding hydrogens is 424 g/mol. The largest absolute Gasteiger partial charge is 0.345 e. The molecule has 0 fully saturated rings. The lowest BCUT2D eigenvalue weighted by Crippen LogP contribution is -2.52. The number of carbonyl (C=O) groups excluding carboxylic acids is 2. The van der Waals surface area contributed by atoms with Crippen molar-refractivity contribution in [3.8, 4) is 11.3 Å². The standard InChI is InChI=1S/C28H38N4O2/c1-6-23(33)14-8-7-9-15-24(31-27(34)28(2,3)32(4)5)26-29-19-25(30-26)22-17-16-20-12-10-11-13-21(20)18-22/h10-13,16-19,24H,6-9,14-15H2,1-5H3,(H,29,30)(H,31,34)/t24-/m0/s1. The van der Waals surface area contributed by atoms with Crippen molar-refractivity contribution in [2.45, 2.75) is 70.9 Å². The molecule has 0 unspecified atom stereocenters. The molecule has 0 saturated carbocycles. The monoisotopic (exact) mass is 462 g/mol. The van der Waals surface area contributed by atoms with Gasteiger partial charge in [0.2, 0.25) is 5.91 Å². The zero-order chi connectivity index (χ0) is 24.7. The van der Waals surface area contributed by atoms with Gasteiger partial charge in [0.25, 0.3) is 0 Å².